The van der Waals surface area contributed by atoms with Gasteiger partial charge in [-0.3, -0.25) is 15.5 Å². The molecule has 2 aromatic carbocycles. The maximum atomic E-state index is 10.7. The number of nitro groups is 1. The zero-order chi connectivity index (χ0) is 19.1. The minimum absolute atomic E-state index is 0.0423. The van der Waals surface area contributed by atoms with Crippen LogP contribution < -0.4 is 10.7 Å². The Morgan fingerprint density at radius 1 is 1.11 bits per heavy atom. The zero-order valence-corrected chi connectivity index (χ0v) is 14.7. The third-order valence-electron chi connectivity index (χ3n) is 3.64. The summed E-state index contributed by atoms with van der Waals surface area (Å²) in [5.74, 6) is 1.06. The average Bonchev–Trinajstić information content (AvgIpc) is 2.67. The van der Waals surface area contributed by atoms with E-state index in [1.54, 1.807) is 24.4 Å². The Bertz CT molecular complexity index is 942. The van der Waals surface area contributed by atoms with Gasteiger partial charge in [-0.25, -0.2) is 4.98 Å². The Morgan fingerprint density at radius 3 is 2.56 bits per heavy atom. The van der Waals surface area contributed by atoms with Crippen LogP contribution in [0.25, 0.3) is 0 Å². The summed E-state index contributed by atoms with van der Waals surface area (Å²) in [5.41, 5.74) is 5.57. The topological polar surface area (TPSA) is 105 Å². The molecular formula is C19H18N6O2. The molecule has 0 saturated heterocycles. The fourth-order valence-corrected chi connectivity index (χ4v) is 2.34. The normalized spacial score (nSPS) is 10.7. The molecule has 2 N–H and O–H groups in total. The smallest absolute Gasteiger partial charge is 0.269 e. The maximum Gasteiger partial charge on any atom is 0.269 e. The second-order valence-electron chi connectivity index (χ2n) is 5.78. The first-order valence-corrected chi connectivity index (χ1v) is 8.27. The maximum absolute atomic E-state index is 10.7. The minimum atomic E-state index is -0.438. The van der Waals surface area contributed by atoms with Gasteiger partial charge < -0.3 is 5.32 Å². The number of nitrogens with one attached hydrogen (secondary N) is 2. The Labute approximate surface area is 156 Å². The lowest BCUT2D eigenvalue weighted by atomic mass is 10.2. The molecule has 1 aromatic heterocycles. The van der Waals surface area contributed by atoms with Crippen molar-refractivity contribution < 1.29 is 4.92 Å². The number of non-ortho nitro benzene ring substituents is 1. The molecular weight excluding hydrogens is 344 g/mol. The third-order valence-corrected chi connectivity index (χ3v) is 3.64. The first kappa shape index (κ1) is 18.0. The average molecular weight is 362 g/mol. The van der Waals surface area contributed by atoms with E-state index in [0.29, 0.717) is 18.3 Å². The number of anilines is 2. The quantitative estimate of drug-likeness (QED) is 0.377. The van der Waals surface area contributed by atoms with E-state index in [2.05, 4.69) is 25.8 Å². The summed E-state index contributed by atoms with van der Waals surface area (Å²) in [7, 11) is 0. The molecule has 0 radical (unpaired) electrons. The number of hydrazone groups is 1. The van der Waals surface area contributed by atoms with E-state index in [0.717, 1.165) is 16.8 Å². The number of hydrogen-bond donors (Lipinski definition) is 2. The molecule has 0 saturated carbocycles. The summed E-state index contributed by atoms with van der Waals surface area (Å²) < 4.78 is 0. The van der Waals surface area contributed by atoms with Crippen molar-refractivity contribution in [3.05, 3.63) is 87.6 Å². The van der Waals surface area contributed by atoms with Crippen molar-refractivity contribution in [3.63, 3.8) is 0 Å². The predicted octanol–water partition coefficient (Wildman–Crippen LogP) is 3.75. The van der Waals surface area contributed by atoms with Gasteiger partial charge in [0.2, 0.25) is 5.95 Å². The summed E-state index contributed by atoms with van der Waals surface area (Å²) in [4.78, 5) is 19.0. The van der Waals surface area contributed by atoms with Gasteiger partial charge in [0.25, 0.3) is 5.69 Å². The van der Waals surface area contributed by atoms with Gasteiger partial charge in [-0.2, -0.15) is 10.1 Å². The first-order valence-electron chi connectivity index (χ1n) is 8.27. The molecule has 0 aliphatic heterocycles. The van der Waals surface area contributed by atoms with Gasteiger partial charge in [0.05, 0.1) is 11.1 Å². The van der Waals surface area contributed by atoms with E-state index >= 15 is 0 Å². The van der Waals surface area contributed by atoms with Gasteiger partial charge in [0.15, 0.2) is 5.82 Å². The lowest BCUT2D eigenvalue weighted by Gasteiger charge is -2.08. The van der Waals surface area contributed by atoms with E-state index < -0.39 is 4.92 Å². The number of aryl methyl sites for hydroxylation is 1. The summed E-state index contributed by atoms with van der Waals surface area (Å²) in [6.45, 7) is 2.50. The van der Waals surface area contributed by atoms with Crippen molar-refractivity contribution in [1.82, 2.24) is 9.97 Å². The largest absolute Gasteiger partial charge is 0.350 e. The highest BCUT2D eigenvalue weighted by atomic mass is 16.6. The number of nitro benzene ring substituents is 1. The van der Waals surface area contributed by atoms with Crippen molar-refractivity contribution >= 4 is 23.7 Å². The van der Waals surface area contributed by atoms with Crippen LogP contribution >= 0.6 is 0 Å². The van der Waals surface area contributed by atoms with Crippen LogP contribution in [0.3, 0.4) is 0 Å². The molecule has 0 unspecified atom stereocenters. The fourth-order valence-electron chi connectivity index (χ4n) is 2.34. The van der Waals surface area contributed by atoms with Gasteiger partial charge in [0, 0.05) is 30.4 Å². The summed E-state index contributed by atoms with van der Waals surface area (Å²) in [6, 6.07) is 17.9. The molecule has 3 aromatic rings. The Balaban J connectivity index is 1.62. The fraction of sp³-hybridized carbons (Fsp3) is 0.105. The number of hydrogen-bond acceptors (Lipinski definition) is 7. The SMILES string of the molecule is Cc1cc(NN=Cc2ccc([N+](=O)[O-])cc2)nc(NCc2ccccc2)n1. The standard InChI is InChI=1S/C19H18N6O2/c1-14-11-18(23-19(22-14)20-12-15-5-3-2-4-6-15)24-21-13-16-7-9-17(10-8-16)25(26)27/h2-11,13H,12H2,1H3,(H2,20,22,23,24). The van der Waals surface area contributed by atoms with E-state index in [1.807, 2.05) is 37.3 Å². The number of benzene rings is 2. The highest BCUT2D eigenvalue weighted by molar-refractivity contribution is 5.80. The second kappa shape index (κ2) is 8.52. The van der Waals surface area contributed by atoms with Crippen molar-refractivity contribution in [1.29, 1.82) is 0 Å². The highest BCUT2D eigenvalue weighted by Crippen LogP contribution is 2.12. The van der Waals surface area contributed by atoms with Crippen LogP contribution in [0, 0.1) is 17.0 Å². The van der Waals surface area contributed by atoms with Crippen LogP contribution in [0.15, 0.2) is 65.8 Å². The Kier molecular flexibility index (Phi) is 5.68. The van der Waals surface area contributed by atoms with E-state index in [4.69, 9.17) is 0 Å². The van der Waals surface area contributed by atoms with Gasteiger partial charge in [-0.1, -0.05) is 30.3 Å². The van der Waals surface area contributed by atoms with Gasteiger partial charge >= 0.3 is 0 Å². The van der Waals surface area contributed by atoms with Gasteiger partial charge in [0.1, 0.15) is 0 Å². The second-order valence-corrected chi connectivity index (χ2v) is 5.78. The summed E-state index contributed by atoms with van der Waals surface area (Å²) >= 11 is 0. The van der Waals surface area contributed by atoms with Crippen molar-refractivity contribution in [2.45, 2.75) is 13.5 Å². The van der Waals surface area contributed by atoms with Crippen LogP contribution in [0.2, 0.25) is 0 Å². The van der Waals surface area contributed by atoms with Crippen molar-refractivity contribution in [3.8, 4) is 0 Å². The molecule has 0 aliphatic rings. The summed E-state index contributed by atoms with van der Waals surface area (Å²) in [5, 5.41) is 18.0. The molecule has 3 rings (SSSR count). The molecule has 0 atom stereocenters. The first-order chi connectivity index (χ1) is 13.1. The molecule has 0 amide bonds. The lowest BCUT2D eigenvalue weighted by molar-refractivity contribution is -0.384. The van der Waals surface area contributed by atoms with Crippen molar-refractivity contribution in [2.75, 3.05) is 10.7 Å². The Morgan fingerprint density at radius 2 is 1.85 bits per heavy atom. The van der Waals surface area contributed by atoms with E-state index in [9.17, 15) is 10.1 Å². The summed E-state index contributed by atoms with van der Waals surface area (Å²) in [6.07, 6.45) is 1.57. The number of rotatable bonds is 7. The van der Waals surface area contributed by atoms with Crippen LogP contribution in [0.5, 0.6) is 0 Å². The van der Waals surface area contributed by atoms with E-state index in [-0.39, 0.29) is 5.69 Å². The van der Waals surface area contributed by atoms with Crippen molar-refractivity contribution in [2.24, 2.45) is 5.10 Å². The molecule has 1 heterocycles. The van der Waals surface area contributed by atoms with Gasteiger partial charge in [-0.15, -0.1) is 0 Å². The number of aromatic nitrogens is 2. The Hall–Kier alpha value is -3.81. The van der Waals surface area contributed by atoms with Crippen LogP contribution in [0.4, 0.5) is 17.5 Å². The molecule has 8 nitrogen and oxygen atoms in total. The van der Waals surface area contributed by atoms with Crippen LogP contribution in [-0.2, 0) is 6.54 Å². The van der Waals surface area contributed by atoms with Crippen LogP contribution in [-0.4, -0.2) is 21.1 Å². The lowest BCUT2D eigenvalue weighted by Crippen LogP contribution is -2.06. The third kappa shape index (κ3) is 5.33. The van der Waals surface area contributed by atoms with Crippen LogP contribution in [0.1, 0.15) is 16.8 Å². The van der Waals surface area contributed by atoms with Gasteiger partial charge in [-0.05, 0) is 30.2 Å². The minimum Gasteiger partial charge on any atom is -0.350 e. The monoisotopic (exact) mass is 362 g/mol. The predicted molar refractivity (Wildman–Crippen MR) is 105 cm³/mol. The molecule has 0 fully saturated rings. The molecule has 27 heavy (non-hydrogen) atoms. The molecule has 136 valence electrons. The molecule has 8 heteroatoms. The highest BCUT2D eigenvalue weighted by Gasteiger charge is 2.03. The molecule has 0 aliphatic carbocycles. The number of nitrogens with zero attached hydrogens (tertiary/aromatic N) is 4. The molecule has 0 bridgehead atoms. The van der Waals surface area contributed by atoms with E-state index in [1.165, 1.54) is 12.1 Å². The molecule has 0 spiro atoms. The zero-order valence-electron chi connectivity index (χ0n) is 14.7.